The number of carbonyl (C=O) groups excluding carboxylic acids is 2. The number of aryl methyl sites for hydroxylation is 1. The van der Waals surface area contributed by atoms with E-state index in [1.54, 1.807) is 13.8 Å². The second kappa shape index (κ2) is 8.65. The topological polar surface area (TPSA) is 89.9 Å². The second-order valence-corrected chi connectivity index (χ2v) is 7.97. The lowest BCUT2D eigenvalue weighted by molar-refractivity contribution is 0.0599. The van der Waals surface area contributed by atoms with E-state index in [2.05, 4.69) is 15.2 Å². The van der Waals surface area contributed by atoms with Gasteiger partial charge in [-0.3, -0.25) is 4.79 Å². The molecule has 3 aromatic rings. The molecule has 0 saturated carbocycles. The zero-order chi connectivity index (χ0) is 21.1. The summed E-state index contributed by atoms with van der Waals surface area (Å²) in [6.07, 6.45) is 0. The van der Waals surface area contributed by atoms with Crippen molar-refractivity contribution < 1.29 is 14.3 Å². The molecule has 1 N–H and O–H groups in total. The number of rotatable bonds is 7. The molecule has 3 rings (SSSR count). The molecule has 1 aromatic carbocycles. The molecule has 1 atom stereocenters. The molecule has 2 aromatic heterocycles. The Morgan fingerprint density at radius 2 is 1.90 bits per heavy atom. The number of nitrogens with one attached hydrogen (secondary N) is 1. The number of aromatic amines is 1. The van der Waals surface area contributed by atoms with Crippen LogP contribution in [0.15, 0.2) is 35.5 Å². The third kappa shape index (κ3) is 3.98. The molecule has 0 amide bonds. The van der Waals surface area contributed by atoms with E-state index in [9.17, 15) is 9.59 Å². The van der Waals surface area contributed by atoms with Crippen molar-refractivity contribution in [1.82, 2.24) is 19.7 Å². The van der Waals surface area contributed by atoms with Crippen molar-refractivity contribution in [3.05, 3.63) is 52.8 Å². The van der Waals surface area contributed by atoms with Crippen molar-refractivity contribution >= 4 is 23.5 Å². The number of H-pyrrole nitrogens is 1. The highest BCUT2D eigenvalue weighted by molar-refractivity contribution is 8.00. The van der Waals surface area contributed by atoms with Gasteiger partial charge in [0.2, 0.25) is 0 Å². The lowest BCUT2D eigenvalue weighted by atomic mass is 10.1. The Hall–Kier alpha value is -2.87. The molecule has 2 heterocycles. The van der Waals surface area contributed by atoms with Crippen LogP contribution in [0.1, 0.15) is 46.0 Å². The van der Waals surface area contributed by atoms with Crippen LogP contribution in [-0.4, -0.2) is 43.9 Å². The van der Waals surface area contributed by atoms with Crippen LogP contribution in [0.5, 0.6) is 0 Å². The van der Waals surface area contributed by atoms with Crippen molar-refractivity contribution in [2.45, 2.75) is 44.6 Å². The molecule has 8 heteroatoms. The average Bonchev–Trinajstić information content (AvgIpc) is 3.27. The first-order valence-electron chi connectivity index (χ1n) is 9.35. The Kier molecular flexibility index (Phi) is 6.22. The van der Waals surface area contributed by atoms with Crippen molar-refractivity contribution in [1.29, 1.82) is 0 Å². The van der Waals surface area contributed by atoms with Gasteiger partial charge in [-0.2, -0.15) is 0 Å². The fourth-order valence-corrected chi connectivity index (χ4v) is 4.25. The van der Waals surface area contributed by atoms with Gasteiger partial charge in [0.05, 0.1) is 23.6 Å². The molecule has 0 aliphatic carbocycles. The minimum atomic E-state index is -0.450. The minimum Gasteiger partial charge on any atom is -0.465 e. The molecule has 0 unspecified atom stereocenters. The lowest BCUT2D eigenvalue weighted by Crippen LogP contribution is -2.16. The lowest BCUT2D eigenvalue weighted by Gasteiger charge is -2.11. The molecule has 7 nitrogen and oxygen atoms in total. The number of nitrogens with zero attached hydrogens (tertiary/aromatic N) is 3. The predicted molar refractivity (Wildman–Crippen MR) is 112 cm³/mol. The van der Waals surface area contributed by atoms with Crippen molar-refractivity contribution in [3.8, 4) is 11.4 Å². The van der Waals surface area contributed by atoms with Gasteiger partial charge in [0.1, 0.15) is 0 Å². The number of carbonyl (C=O) groups is 2. The molecular formula is C21H24N4O3S. The van der Waals surface area contributed by atoms with Gasteiger partial charge in [-0.25, -0.2) is 4.79 Å². The summed E-state index contributed by atoms with van der Waals surface area (Å²) in [6.45, 7) is 8.05. The molecule has 0 aliphatic heterocycles. The third-order valence-electron chi connectivity index (χ3n) is 4.79. The first-order chi connectivity index (χ1) is 13.9. The molecule has 0 spiro atoms. The zero-order valence-electron chi connectivity index (χ0n) is 17.1. The number of methoxy groups -OCH3 is 1. The fourth-order valence-electron chi connectivity index (χ4n) is 3.28. The number of ether oxygens (including phenoxy) is 1. The van der Waals surface area contributed by atoms with Crippen LogP contribution in [0.2, 0.25) is 0 Å². The smallest absolute Gasteiger partial charge is 0.339 e. The Bertz CT molecular complexity index is 1040. The summed E-state index contributed by atoms with van der Waals surface area (Å²) in [4.78, 5) is 28.1. The molecule has 0 saturated heterocycles. The van der Waals surface area contributed by atoms with Crippen molar-refractivity contribution in [2.24, 2.45) is 0 Å². The van der Waals surface area contributed by atoms with Gasteiger partial charge in [-0.05, 0) is 33.3 Å². The predicted octanol–water partition coefficient (Wildman–Crippen LogP) is 4.06. The van der Waals surface area contributed by atoms with Gasteiger partial charge in [0.25, 0.3) is 0 Å². The highest BCUT2D eigenvalue weighted by Crippen LogP contribution is 2.29. The Morgan fingerprint density at radius 1 is 1.21 bits per heavy atom. The number of thioether (sulfide) groups is 1. The Balaban J connectivity index is 1.86. The quantitative estimate of drug-likeness (QED) is 0.358. The normalized spacial score (nSPS) is 12.0. The van der Waals surface area contributed by atoms with E-state index in [1.807, 2.05) is 48.7 Å². The van der Waals surface area contributed by atoms with Crippen LogP contribution < -0.4 is 0 Å². The standard InChI is InChI=1S/C21H24N4O3S/c1-6-25-19(15-10-8-7-9-11-15)23-24-21(25)29-14(4)18(26)17-12(2)16(13(3)22-17)20(27)28-5/h7-11,14,22H,6H2,1-5H3/t14-/m0/s1. The first-order valence-corrected chi connectivity index (χ1v) is 10.2. The summed E-state index contributed by atoms with van der Waals surface area (Å²) in [5.74, 6) is 0.224. The summed E-state index contributed by atoms with van der Waals surface area (Å²) >= 11 is 1.35. The van der Waals surface area contributed by atoms with Gasteiger partial charge in [0.15, 0.2) is 16.8 Å². The summed E-state index contributed by atoms with van der Waals surface area (Å²) in [7, 11) is 1.33. The van der Waals surface area contributed by atoms with Gasteiger partial charge in [-0.15, -0.1) is 10.2 Å². The van der Waals surface area contributed by atoms with Crippen LogP contribution in [0.25, 0.3) is 11.4 Å². The molecule has 0 fully saturated rings. The van der Waals surface area contributed by atoms with Gasteiger partial charge >= 0.3 is 5.97 Å². The summed E-state index contributed by atoms with van der Waals surface area (Å²) in [5.41, 5.74) is 3.04. The number of hydrogen-bond donors (Lipinski definition) is 1. The van der Waals surface area contributed by atoms with E-state index in [0.29, 0.717) is 34.2 Å². The number of benzene rings is 1. The van der Waals surface area contributed by atoms with Crippen LogP contribution in [0.3, 0.4) is 0 Å². The van der Waals surface area contributed by atoms with Gasteiger partial charge < -0.3 is 14.3 Å². The number of hydrogen-bond acceptors (Lipinski definition) is 6. The molecule has 152 valence electrons. The monoisotopic (exact) mass is 412 g/mol. The molecule has 29 heavy (non-hydrogen) atoms. The molecular weight excluding hydrogens is 388 g/mol. The number of aromatic nitrogens is 4. The van der Waals surface area contributed by atoms with Crippen molar-refractivity contribution in [2.75, 3.05) is 7.11 Å². The average molecular weight is 413 g/mol. The van der Waals surface area contributed by atoms with Crippen LogP contribution in [0.4, 0.5) is 0 Å². The van der Waals surface area contributed by atoms with Crippen molar-refractivity contribution in [3.63, 3.8) is 0 Å². The van der Waals surface area contributed by atoms with E-state index in [1.165, 1.54) is 18.9 Å². The maximum absolute atomic E-state index is 13.1. The van der Waals surface area contributed by atoms with E-state index in [-0.39, 0.29) is 5.78 Å². The number of ketones is 1. The third-order valence-corrected chi connectivity index (χ3v) is 5.87. The van der Waals surface area contributed by atoms with Crippen LogP contribution in [-0.2, 0) is 11.3 Å². The number of Topliss-reactive ketones (excluding diaryl/α,β-unsaturated/α-hetero) is 1. The minimum absolute atomic E-state index is 0.0994. The maximum atomic E-state index is 13.1. The van der Waals surface area contributed by atoms with E-state index in [4.69, 9.17) is 4.74 Å². The Morgan fingerprint density at radius 3 is 2.52 bits per heavy atom. The zero-order valence-corrected chi connectivity index (χ0v) is 18.0. The van der Waals surface area contributed by atoms with E-state index < -0.39 is 11.2 Å². The largest absolute Gasteiger partial charge is 0.465 e. The van der Waals surface area contributed by atoms with E-state index >= 15 is 0 Å². The fraction of sp³-hybridized carbons (Fsp3) is 0.333. The number of esters is 1. The Labute approximate surface area is 173 Å². The van der Waals surface area contributed by atoms with E-state index in [0.717, 1.165) is 11.4 Å². The second-order valence-electron chi connectivity index (χ2n) is 6.66. The highest BCUT2D eigenvalue weighted by atomic mass is 32.2. The summed E-state index contributed by atoms with van der Waals surface area (Å²) in [6, 6.07) is 9.84. The summed E-state index contributed by atoms with van der Waals surface area (Å²) in [5, 5.41) is 8.90. The molecule has 0 aliphatic rings. The highest BCUT2D eigenvalue weighted by Gasteiger charge is 2.27. The van der Waals surface area contributed by atoms with Crippen LogP contribution in [0, 0.1) is 13.8 Å². The maximum Gasteiger partial charge on any atom is 0.339 e. The molecule has 0 radical (unpaired) electrons. The summed E-state index contributed by atoms with van der Waals surface area (Å²) < 4.78 is 6.82. The SMILES string of the molecule is CCn1c(S[C@@H](C)C(=O)c2[nH]c(C)c(C(=O)OC)c2C)nnc1-c1ccccc1. The first kappa shape index (κ1) is 20.9. The van der Waals surface area contributed by atoms with Crippen LogP contribution >= 0.6 is 11.8 Å². The van der Waals surface area contributed by atoms with Gasteiger partial charge in [0, 0.05) is 17.8 Å². The van der Waals surface area contributed by atoms with Gasteiger partial charge in [-0.1, -0.05) is 42.1 Å². The molecule has 0 bridgehead atoms.